The number of hydrogen-bond donors (Lipinski definition) is 3. The molecule has 1 aliphatic rings. The summed E-state index contributed by atoms with van der Waals surface area (Å²) < 4.78 is 0. The molecule has 1 atom stereocenters. The Morgan fingerprint density at radius 2 is 2.15 bits per heavy atom. The number of nitrogens with two attached hydrogens (primary N) is 1. The van der Waals surface area contributed by atoms with Crippen molar-refractivity contribution < 1.29 is 4.79 Å². The number of nitrogens with one attached hydrogen (secondary N) is 2. The topological polar surface area (TPSA) is 120 Å². The second-order valence-corrected chi connectivity index (χ2v) is 7.03. The maximum absolute atomic E-state index is 12.5. The highest BCUT2D eigenvalue weighted by Crippen LogP contribution is 2.18. The van der Waals surface area contributed by atoms with E-state index in [4.69, 9.17) is 5.73 Å². The molecule has 2 amide bonds. The van der Waals surface area contributed by atoms with Crippen molar-refractivity contribution in [3.63, 3.8) is 0 Å². The minimum Gasteiger partial charge on any atom is -0.369 e. The SMILES string of the molecule is Cc1cc(C)nc(NC(=O)N2CCC(N(C)Cc3cc(=O)[nH]c(N)n3)C2)c1. The monoisotopic (exact) mass is 371 g/mol. The van der Waals surface area contributed by atoms with Crippen molar-refractivity contribution in [1.29, 1.82) is 0 Å². The standard InChI is InChI=1S/C18H25N7O2/c1-11-6-12(2)20-15(7-11)22-18(27)25-5-4-14(10-25)24(3)9-13-8-16(26)23-17(19)21-13/h6-8,14H,4-5,9-10H2,1-3H3,(H,20,22,27)(H3,19,21,23,26). The second kappa shape index (κ2) is 7.75. The molecule has 1 unspecified atom stereocenters. The van der Waals surface area contributed by atoms with Gasteiger partial charge in [-0.1, -0.05) is 0 Å². The number of likely N-dealkylation sites (tertiary alicyclic amines) is 1. The third-order valence-corrected chi connectivity index (χ3v) is 4.63. The fraction of sp³-hybridized carbons (Fsp3) is 0.444. The summed E-state index contributed by atoms with van der Waals surface area (Å²) in [4.78, 5) is 38.8. The summed E-state index contributed by atoms with van der Waals surface area (Å²) in [6.45, 7) is 5.63. The smallest absolute Gasteiger partial charge is 0.323 e. The molecule has 2 aromatic rings. The largest absolute Gasteiger partial charge is 0.369 e. The van der Waals surface area contributed by atoms with E-state index in [0.29, 0.717) is 31.1 Å². The zero-order valence-corrected chi connectivity index (χ0v) is 15.8. The number of likely N-dealkylation sites (N-methyl/N-ethyl adjacent to an activating group) is 1. The highest BCUT2D eigenvalue weighted by atomic mass is 16.2. The first-order valence-corrected chi connectivity index (χ1v) is 8.87. The van der Waals surface area contributed by atoms with Crippen LogP contribution in [0, 0.1) is 13.8 Å². The molecule has 1 aliphatic heterocycles. The summed E-state index contributed by atoms with van der Waals surface area (Å²) in [6.07, 6.45) is 0.850. The van der Waals surface area contributed by atoms with Crippen LogP contribution < -0.4 is 16.6 Å². The van der Waals surface area contributed by atoms with Gasteiger partial charge in [0, 0.05) is 37.4 Å². The Hall–Kier alpha value is -2.94. The van der Waals surface area contributed by atoms with Crippen LogP contribution in [0.15, 0.2) is 23.0 Å². The van der Waals surface area contributed by atoms with Gasteiger partial charge in [-0.05, 0) is 45.0 Å². The molecule has 0 spiro atoms. The summed E-state index contributed by atoms with van der Waals surface area (Å²) in [5.41, 5.74) is 7.87. The zero-order valence-electron chi connectivity index (χ0n) is 15.8. The molecule has 9 nitrogen and oxygen atoms in total. The fourth-order valence-corrected chi connectivity index (χ4v) is 3.37. The first kappa shape index (κ1) is 18.8. The van der Waals surface area contributed by atoms with Gasteiger partial charge in [-0.25, -0.2) is 14.8 Å². The van der Waals surface area contributed by atoms with E-state index in [2.05, 4.69) is 25.2 Å². The van der Waals surface area contributed by atoms with Gasteiger partial charge in [-0.2, -0.15) is 0 Å². The van der Waals surface area contributed by atoms with Gasteiger partial charge in [-0.15, -0.1) is 0 Å². The molecular formula is C18H25N7O2. The summed E-state index contributed by atoms with van der Waals surface area (Å²) in [5, 5.41) is 2.87. The molecule has 4 N–H and O–H groups in total. The number of nitrogens with zero attached hydrogens (tertiary/aromatic N) is 4. The molecule has 144 valence electrons. The Balaban J connectivity index is 1.58. The van der Waals surface area contributed by atoms with Gasteiger partial charge >= 0.3 is 6.03 Å². The molecule has 2 aromatic heterocycles. The lowest BCUT2D eigenvalue weighted by atomic mass is 10.2. The van der Waals surface area contributed by atoms with E-state index in [1.54, 1.807) is 4.90 Å². The number of aromatic nitrogens is 3. The van der Waals surface area contributed by atoms with Gasteiger partial charge < -0.3 is 10.6 Å². The second-order valence-electron chi connectivity index (χ2n) is 7.03. The Bertz CT molecular complexity index is 875. The number of aryl methyl sites for hydroxylation is 2. The summed E-state index contributed by atoms with van der Waals surface area (Å²) >= 11 is 0. The van der Waals surface area contributed by atoms with Crippen LogP contribution in [0.3, 0.4) is 0 Å². The lowest BCUT2D eigenvalue weighted by molar-refractivity contribution is 0.207. The van der Waals surface area contributed by atoms with Crippen molar-refractivity contribution in [2.75, 3.05) is 31.2 Å². The average molecular weight is 371 g/mol. The number of hydrogen-bond acceptors (Lipinski definition) is 6. The van der Waals surface area contributed by atoms with Crippen molar-refractivity contribution in [3.05, 3.63) is 45.5 Å². The van der Waals surface area contributed by atoms with Gasteiger partial charge in [0.05, 0.1) is 5.69 Å². The van der Waals surface area contributed by atoms with E-state index >= 15 is 0 Å². The van der Waals surface area contributed by atoms with Crippen molar-refractivity contribution in [2.24, 2.45) is 0 Å². The Morgan fingerprint density at radius 1 is 1.37 bits per heavy atom. The van der Waals surface area contributed by atoms with Crippen molar-refractivity contribution >= 4 is 17.8 Å². The van der Waals surface area contributed by atoms with Crippen LogP contribution in [-0.2, 0) is 6.54 Å². The summed E-state index contributed by atoms with van der Waals surface area (Å²) in [7, 11) is 1.95. The number of anilines is 2. The Kier molecular flexibility index (Phi) is 5.41. The Labute approximate surface area is 157 Å². The van der Waals surface area contributed by atoms with E-state index in [1.165, 1.54) is 6.07 Å². The van der Waals surface area contributed by atoms with Gasteiger partial charge in [0.15, 0.2) is 0 Å². The minimum atomic E-state index is -0.265. The van der Waals surface area contributed by atoms with Crippen LogP contribution in [0.5, 0.6) is 0 Å². The van der Waals surface area contributed by atoms with Crippen molar-refractivity contribution in [1.82, 2.24) is 24.8 Å². The average Bonchev–Trinajstić information content (AvgIpc) is 3.03. The number of amides is 2. The van der Waals surface area contributed by atoms with E-state index < -0.39 is 0 Å². The molecule has 27 heavy (non-hydrogen) atoms. The molecule has 0 aliphatic carbocycles. The predicted molar refractivity (Wildman–Crippen MR) is 103 cm³/mol. The molecule has 0 bridgehead atoms. The molecule has 3 heterocycles. The summed E-state index contributed by atoms with van der Waals surface area (Å²) in [6, 6.07) is 5.30. The normalized spacial score (nSPS) is 16.7. The lowest BCUT2D eigenvalue weighted by Gasteiger charge is -2.24. The van der Waals surface area contributed by atoms with Crippen LogP contribution in [0.25, 0.3) is 0 Å². The third-order valence-electron chi connectivity index (χ3n) is 4.63. The van der Waals surface area contributed by atoms with Crippen molar-refractivity contribution in [3.8, 4) is 0 Å². The van der Waals surface area contributed by atoms with Crippen LogP contribution in [-0.4, -0.2) is 57.0 Å². The number of pyridine rings is 1. The minimum absolute atomic E-state index is 0.110. The molecule has 1 fully saturated rings. The highest BCUT2D eigenvalue weighted by molar-refractivity contribution is 5.88. The number of carbonyl (C=O) groups is 1. The molecule has 0 radical (unpaired) electrons. The quantitative estimate of drug-likeness (QED) is 0.740. The van der Waals surface area contributed by atoms with E-state index in [1.807, 2.05) is 33.0 Å². The first-order chi connectivity index (χ1) is 12.8. The lowest BCUT2D eigenvalue weighted by Crippen LogP contribution is -2.38. The number of aromatic amines is 1. The third kappa shape index (κ3) is 4.82. The number of H-pyrrole nitrogens is 1. The maximum Gasteiger partial charge on any atom is 0.323 e. The highest BCUT2D eigenvalue weighted by Gasteiger charge is 2.29. The number of urea groups is 1. The molecule has 1 saturated heterocycles. The van der Waals surface area contributed by atoms with Crippen LogP contribution in [0.1, 0.15) is 23.4 Å². The van der Waals surface area contributed by atoms with E-state index in [9.17, 15) is 9.59 Å². The summed E-state index contributed by atoms with van der Waals surface area (Å²) in [5.74, 6) is 0.678. The fourth-order valence-electron chi connectivity index (χ4n) is 3.37. The maximum atomic E-state index is 12.5. The predicted octanol–water partition coefficient (Wildman–Crippen LogP) is 1.10. The van der Waals surface area contributed by atoms with Gasteiger partial charge in [0.1, 0.15) is 5.82 Å². The van der Waals surface area contributed by atoms with Gasteiger partial charge in [0.25, 0.3) is 5.56 Å². The van der Waals surface area contributed by atoms with E-state index in [0.717, 1.165) is 17.7 Å². The molecule has 0 aromatic carbocycles. The van der Waals surface area contributed by atoms with Crippen molar-refractivity contribution in [2.45, 2.75) is 32.9 Å². The zero-order chi connectivity index (χ0) is 19.6. The van der Waals surface area contributed by atoms with Gasteiger partial charge in [0.2, 0.25) is 5.95 Å². The number of rotatable bonds is 4. The van der Waals surface area contributed by atoms with Crippen LogP contribution >= 0.6 is 0 Å². The van der Waals surface area contributed by atoms with Gasteiger partial charge in [-0.3, -0.25) is 20.0 Å². The number of nitrogen functional groups attached to an aromatic ring is 1. The van der Waals surface area contributed by atoms with E-state index in [-0.39, 0.29) is 23.6 Å². The first-order valence-electron chi connectivity index (χ1n) is 8.87. The molecule has 3 rings (SSSR count). The molecule has 9 heteroatoms. The molecular weight excluding hydrogens is 346 g/mol. The number of carbonyl (C=O) groups excluding carboxylic acids is 1. The van der Waals surface area contributed by atoms with Crippen LogP contribution in [0.4, 0.5) is 16.6 Å². The van der Waals surface area contributed by atoms with Crippen LogP contribution in [0.2, 0.25) is 0 Å². The molecule has 0 saturated carbocycles. The Morgan fingerprint density at radius 3 is 2.85 bits per heavy atom.